The third kappa shape index (κ3) is 4.03. The highest BCUT2D eigenvalue weighted by atomic mass is 32.2. The summed E-state index contributed by atoms with van der Waals surface area (Å²) in [4.78, 5) is 0.360. The zero-order valence-corrected chi connectivity index (χ0v) is 12.4. The van der Waals surface area contributed by atoms with Gasteiger partial charge in [-0.2, -0.15) is 0 Å². The van der Waals surface area contributed by atoms with Crippen LogP contribution in [-0.2, 0) is 16.6 Å². The van der Waals surface area contributed by atoms with Crippen LogP contribution in [0.15, 0.2) is 23.1 Å². The molecule has 106 valence electrons. The van der Waals surface area contributed by atoms with E-state index in [1.54, 1.807) is 12.1 Å². The number of hydrogen-bond donors (Lipinski definition) is 2. The van der Waals surface area contributed by atoms with Crippen LogP contribution in [0, 0.1) is 12.8 Å². The predicted octanol–water partition coefficient (Wildman–Crippen LogP) is 1.79. The Morgan fingerprint density at radius 3 is 2.68 bits per heavy atom. The zero-order valence-electron chi connectivity index (χ0n) is 11.6. The van der Waals surface area contributed by atoms with Crippen molar-refractivity contribution in [2.45, 2.75) is 37.6 Å². The smallest absolute Gasteiger partial charge is 0.240 e. The quantitative estimate of drug-likeness (QED) is 0.801. The van der Waals surface area contributed by atoms with Crippen molar-refractivity contribution in [2.24, 2.45) is 5.92 Å². The SMILES string of the molecule is CNCc1cc(S(=O)(=O)NCCC2CC2)ccc1C. The molecule has 4 nitrogen and oxygen atoms in total. The maximum Gasteiger partial charge on any atom is 0.240 e. The number of benzene rings is 1. The molecule has 0 saturated heterocycles. The van der Waals surface area contributed by atoms with Crippen LogP contribution in [0.25, 0.3) is 0 Å². The summed E-state index contributed by atoms with van der Waals surface area (Å²) >= 11 is 0. The van der Waals surface area contributed by atoms with E-state index in [1.807, 2.05) is 20.0 Å². The summed E-state index contributed by atoms with van der Waals surface area (Å²) in [6.45, 7) is 3.21. The summed E-state index contributed by atoms with van der Waals surface area (Å²) in [6.07, 6.45) is 3.45. The third-order valence-electron chi connectivity index (χ3n) is 3.54. The molecule has 0 aromatic heterocycles. The zero-order chi connectivity index (χ0) is 13.9. The number of rotatable bonds is 7. The number of nitrogens with one attached hydrogen (secondary N) is 2. The molecule has 2 rings (SSSR count). The molecule has 0 bridgehead atoms. The lowest BCUT2D eigenvalue weighted by Crippen LogP contribution is -2.25. The molecular weight excluding hydrogens is 260 g/mol. The van der Waals surface area contributed by atoms with Gasteiger partial charge >= 0.3 is 0 Å². The normalized spacial score (nSPS) is 15.7. The first kappa shape index (κ1) is 14.5. The average Bonchev–Trinajstić information content (AvgIpc) is 3.16. The van der Waals surface area contributed by atoms with E-state index in [9.17, 15) is 8.42 Å². The minimum absolute atomic E-state index is 0.360. The van der Waals surface area contributed by atoms with Crippen molar-refractivity contribution in [3.8, 4) is 0 Å². The molecule has 5 heteroatoms. The summed E-state index contributed by atoms with van der Waals surface area (Å²) in [7, 11) is -1.51. The van der Waals surface area contributed by atoms with E-state index >= 15 is 0 Å². The lowest BCUT2D eigenvalue weighted by molar-refractivity contribution is 0.575. The maximum absolute atomic E-state index is 12.2. The van der Waals surface area contributed by atoms with Gasteiger partial charge in [-0.15, -0.1) is 0 Å². The first-order valence-corrected chi connectivity index (χ1v) is 8.25. The molecule has 1 aliphatic rings. The Labute approximate surface area is 115 Å². The van der Waals surface area contributed by atoms with Crippen molar-refractivity contribution in [3.63, 3.8) is 0 Å². The fourth-order valence-corrected chi connectivity index (χ4v) is 3.18. The van der Waals surface area contributed by atoms with E-state index in [1.165, 1.54) is 12.8 Å². The maximum atomic E-state index is 12.2. The highest BCUT2D eigenvalue weighted by Crippen LogP contribution is 2.31. The highest BCUT2D eigenvalue weighted by molar-refractivity contribution is 7.89. The Balaban J connectivity index is 2.07. The van der Waals surface area contributed by atoms with Gasteiger partial charge in [0, 0.05) is 13.1 Å². The fourth-order valence-electron chi connectivity index (χ4n) is 2.08. The first-order chi connectivity index (χ1) is 9.03. The molecule has 1 aliphatic carbocycles. The van der Waals surface area contributed by atoms with Gasteiger partial charge in [0.25, 0.3) is 0 Å². The molecule has 1 aromatic rings. The lowest BCUT2D eigenvalue weighted by atomic mass is 10.1. The highest BCUT2D eigenvalue weighted by Gasteiger charge is 2.22. The van der Waals surface area contributed by atoms with Crippen LogP contribution < -0.4 is 10.0 Å². The molecular formula is C14H22N2O2S. The lowest BCUT2D eigenvalue weighted by Gasteiger charge is -2.10. The molecule has 0 radical (unpaired) electrons. The van der Waals surface area contributed by atoms with Gasteiger partial charge in [0.1, 0.15) is 0 Å². The second kappa shape index (κ2) is 6.03. The summed E-state index contributed by atoms with van der Waals surface area (Å²) in [6, 6.07) is 5.29. The van der Waals surface area contributed by atoms with Crippen molar-refractivity contribution in [1.29, 1.82) is 0 Å². The van der Waals surface area contributed by atoms with Gasteiger partial charge in [-0.05, 0) is 49.6 Å². The largest absolute Gasteiger partial charge is 0.316 e. The summed E-state index contributed by atoms with van der Waals surface area (Å²) in [5.74, 6) is 0.737. The van der Waals surface area contributed by atoms with Gasteiger partial charge in [0.15, 0.2) is 0 Å². The van der Waals surface area contributed by atoms with Gasteiger partial charge in [0.05, 0.1) is 4.90 Å². The monoisotopic (exact) mass is 282 g/mol. The van der Waals surface area contributed by atoms with Crippen molar-refractivity contribution >= 4 is 10.0 Å². The van der Waals surface area contributed by atoms with Crippen LogP contribution >= 0.6 is 0 Å². The third-order valence-corrected chi connectivity index (χ3v) is 5.00. The van der Waals surface area contributed by atoms with Crippen LogP contribution in [0.2, 0.25) is 0 Å². The summed E-state index contributed by atoms with van der Waals surface area (Å²) < 4.78 is 27.0. The van der Waals surface area contributed by atoms with Crippen LogP contribution in [0.1, 0.15) is 30.4 Å². The van der Waals surface area contributed by atoms with Crippen molar-refractivity contribution in [3.05, 3.63) is 29.3 Å². The fraction of sp³-hybridized carbons (Fsp3) is 0.571. The molecule has 2 N–H and O–H groups in total. The molecule has 0 spiro atoms. The molecule has 0 aliphatic heterocycles. The van der Waals surface area contributed by atoms with Crippen LogP contribution in [0.3, 0.4) is 0 Å². The van der Waals surface area contributed by atoms with Gasteiger partial charge in [0.2, 0.25) is 10.0 Å². The molecule has 1 aromatic carbocycles. The van der Waals surface area contributed by atoms with Crippen LogP contribution in [-0.4, -0.2) is 22.0 Å². The minimum atomic E-state index is -3.36. The van der Waals surface area contributed by atoms with E-state index in [4.69, 9.17) is 0 Å². The Morgan fingerprint density at radius 2 is 2.05 bits per heavy atom. The summed E-state index contributed by atoms with van der Waals surface area (Å²) in [5, 5.41) is 3.05. The van der Waals surface area contributed by atoms with Crippen LogP contribution in [0.5, 0.6) is 0 Å². The molecule has 1 saturated carbocycles. The molecule has 0 heterocycles. The second-order valence-corrected chi connectivity index (χ2v) is 7.02. The second-order valence-electron chi connectivity index (χ2n) is 5.25. The Kier molecular flexibility index (Phi) is 4.60. The number of sulfonamides is 1. The molecule has 19 heavy (non-hydrogen) atoms. The topological polar surface area (TPSA) is 58.2 Å². The van der Waals surface area contributed by atoms with Crippen molar-refractivity contribution in [2.75, 3.05) is 13.6 Å². The van der Waals surface area contributed by atoms with Gasteiger partial charge < -0.3 is 5.32 Å². The van der Waals surface area contributed by atoms with E-state index in [0.29, 0.717) is 18.0 Å². The minimum Gasteiger partial charge on any atom is -0.316 e. The molecule has 0 atom stereocenters. The standard InChI is InChI=1S/C14H22N2O2S/c1-11-3-6-14(9-13(11)10-15-2)19(17,18)16-8-7-12-4-5-12/h3,6,9,12,15-16H,4-5,7-8,10H2,1-2H3. The van der Waals surface area contributed by atoms with Crippen molar-refractivity contribution in [1.82, 2.24) is 10.0 Å². The van der Waals surface area contributed by atoms with E-state index in [-0.39, 0.29) is 0 Å². The summed E-state index contributed by atoms with van der Waals surface area (Å²) in [5.41, 5.74) is 2.12. The van der Waals surface area contributed by atoms with E-state index in [0.717, 1.165) is 23.5 Å². The Morgan fingerprint density at radius 1 is 1.32 bits per heavy atom. The van der Waals surface area contributed by atoms with E-state index < -0.39 is 10.0 Å². The van der Waals surface area contributed by atoms with Gasteiger partial charge in [-0.25, -0.2) is 13.1 Å². The number of aryl methyl sites for hydroxylation is 1. The van der Waals surface area contributed by atoms with Gasteiger partial charge in [-0.3, -0.25) is 0 Å². The predicted molar refractivity (Wildman–Crippen MR) is 76.5 cm³/mol. The Bertz CT molecular complexity index is 536. The molecule has 1 fully saturated rings. The molecule has 0 unspecified atom stereocenters. The Hall–Kier alpha value is -0.910. The van der Waals surface area contributed by atoms with Crippen LogP contribution in [0.4, 0.5) is 0 Å². The van der Waals surface area contributed by atoms with Crippen molar-refractivity contribution < 1.29 is 8.42 Å². The molecule has 0 amide bonds. The first-order valence-electron chi connectivity index (χ1n) is 6.77. The number of hydrogen-bond acceptors (Lipinski definition) is 3. The average molecular weight is 282 g/mol. The van der Waals surface area contributed by atoms with E-state index in [2.05, 4.69) is 10.0 Å². The van der Waals surface area contributed by atoms with Gasteiger partial charge in [-0.1, -0.05) is 18.9 Å².